The number of nitrogen functional groups attached to an aromatic ring is 1. The van der Waals surface area contributed by atoms with Crippen LogP contribution in [0.4, 0.5) is 11.6 Å². The molecule has 0 aliphatic rings. The Bertz CT molecular complexity index is 1010. The van der Waals surface area contributed by atoms with E-state index >= 15 is 0 Å². The molecule has 0 spiro atoms. The normalized spacial score (nSPS) is 12.3. The van der Waals surface area contributed by atoms with Crippen LogP contribution in [0.2, 0.25) is 10.0 Å². The van der Waals surface area contributed by atoms with E-state index < -0.39 is 5.91 Å². The molecule has 6 N–H and O–H groups in total. The van der Waals surface area contributed by atoms with Gasteiger partial charge in [-0.05, 0) is 19.1 Å². The first kappa shape index (κ1) is 18.7. The van der Waals surface area contributed by atoms with Gasteiger partial charge in [-0.3, -0.25) is 4.79 Å². The Morgan fingerprint density at radius 3 is 2.69 bits per heavy atom. The minimum atomic E-state index is -0.635. The third-order valence-corrected chi connectivity index (χ3v) is 5.51. The molecule has 0 aliphatic carbocycles. The van der Waals surface area contributed by atoms with E-state index in [1.54, 1.807) is 25.1 Å². The number of anilines is 2. The monoisotopic (exact) mass is 411 g/mol. The Labute approximate surface area is 163 Å². The lowest BCUT2D eigenvalue weighted by atomic mass is 10.1. The highest BCUT2D eigenvalue weighted by Gasteiger charge is 2.21. The minimum Gasteiger partial charge on any atom is -0.397 e. The van der Waals surface area contributed by atoms with Gasteiger partial charge in [0.15, 0.2) is 0 Å². The number of nitrogens with two attached hydrogens (primary N) is 2. The van der Waals surface area contributed by atoms with Crippen LogP contribution in [-0.4, -0.2) is 33.6 Å². The second kappa shape index (κ2) is 7.24. The number of benzene rings is 1. The van der Waals surface area contributed by atoms with Gasteiger partial charge >= 0.3 is 0 Å². The first-order valence-electron chi connectivity index (χ1n) is 7.54. The summed E-state index contributed by atoms with van der Waals surface area (Å²) in [6.45, 7) is 1.69. The van der Waals surface area contributed by atoms with E-state index in [9.17, 15) is 9.90 Å². The summed E-state index contributed by atoms with van der Waals surface area (Å²) in [6.07, 6.45) is 0. The highest BCUT2D eigenvalue weighted by Crippen LogP contribution is 2.40. The molecule has 26 heavy (non-hydrogen) atoms. The average Bonchev–Trinajstić information content (AvgIpc) is 2.93. The molecule has 0 bridgehead atoms. The SMILES string of the molecule is C[C@@H](CO)Nc1nc(-c2ccc(Cl)c(Cl)c2)c2c(N)c(C(N)=O)sc2n1. The van der Waals surface area contributed by atoms with Crippen LogP contribution >= 0.6 is 34.5 Å². The molecule has 0 radical (unpaired) electrons. The molecule has 1 atom stereocenters. The third kappa shape index (κ3) is 3.41. The van der Waals surface area contributed by atoms with Crippen LogP contribution in [0.5, 0.6) is 0 Å². The molecule has 2 aromatic heterocycles. The predicted molar refractivity (Wildman–Crippen MR) is 106 cm³/mol. The Balaban J connectivity index is 2.29. The number of aromatic nitrogens is 2. The zero-order chi connectivity index (χ0) is 19.0. The molecule has 136 valence electrons. The second-order valence-electron chi connectivity index (χ2n) is 5.64. The van der Waals surface area contributed by atoms with Gasteiger partial charge in [-0.1, -0.05) is 29.3 Å². The molecular formula is C16H15Cl2N5O2S. The summed E-state index contributed by atoms with van der Waals surface area (Å²) in [7, 11) is 0. The number of aliphatic hydroxyl groups is 1. The van der Waals surface area contributed by atoms with Crippen LogP contribution in [0.15, 0.2) is 18.2 Å². The summed E-state index contributed by atoms with van der Waals surface area (Å²) in [5, 5.41) is 13.5. The zero-order valence-corrected chi connectivity index (χ0v) is 15.9. The lowest BCUT2D eigenvalue weighted by molar-refractivity contribution is 0.100. The molecule has 1 amide bonds. The van der Waals surface area contributed by atoms with E-state index in [2.05, 4.69) is 15.3 Å². The standard InChI is InChI=1S/C16H15Cl2N5O2S/c1-6(5-24)21-16-22-12(7-2-3-8(17)9(18)4-7)10-11(19)13(14(20)25)26-15(10)23-16/h2-4,6,24H,5,19H2,1H3,(H2,20,25)(H,21,22,23)/t6-/m0/s1. The molecule has 2 heterocycles. The number of thiophene rings is 1. The van der Waals surface area contributed by atoms with E-state index in [4.69, 9.17) is 34.7 Å². The molecule has 0 unspecified atom stereocenters. The number of halogens is 2. The average molecular weight is 412 g/mol. The second-order valence-corrected chi connectivity index (χ2v) is 7.46. The number of carbonyl (C=O) groups excluding carboxylic acids is 1. The zero-order valence-electron chi connectivity index (χ0n) is 13.6. The van der Waals surface area contributed by atoms with E-state index in [0.717, 1.165) is 11.3 Å². The summed E-state index contributed by atoms with van der Waals surface area (Å²) in [5.41, 5.74) is 12.9. The van der Waals surface area contributed by atoms with Crippen LogP contribution < -0.4 is 16.8 Å². The number of amides is 1. The number of rotatable bonds is 5. The van der Waals surface area contributed by atoms with Gasteiger partial charge in [0.25, 0.3) is 5.91 Å². The minimum absolute atomic E-state index is 0.0946. The van der Waals surface area contributed by atoms with Crippen LogP contribution in [-0.2, 0) is 0 Å². The molecule has 0 saturated carbocycles. The van der Waals surface area contributed by atoms with Gasteiger partial charge in [-0.25, -0.2) is 9.97 Å². The maximum absolute atomic E-state index is 11.7. The molecule has 7 nitrogen and oxygen atoms in total. The van der Waals surface area contributed by atoms with Crippen molar-refractivity contribution >= 4 is 62.3 Å². The third-order valence-electron chi connectivity index (χ3n) is 3.65. The first-order valence-corrected chi connectivity index (χ1v) is 9.11. The van der Waals surface area contributed by atoms with Gasteiger partial charge in [0.1, 0.15) is 9.71 Å². The van der Waals surface area contributed by atoms with Crippen molar-refractivity contribution in [2.45, 2.75) is 13.0 Å². The summed E-state index contributed by atoms with van der Waals surface area (Å²) >= 11 is 13.2. The van der Waals surface area contributed by atoms with Gasteiger partial charge < -0.3 is 21.9 Å². The number of hydrogen-bond acceptors (Lipinski definition) is 7. The van der Waals surface area contributed by atoms with E-state index in [-0.39, 0.29) is 29.2 Å². The highest BCUT2D eigenvalue weighted by molar-refractivity contribution is 7.21. The quantitative estimate of drug-likeness (QED) is 0.510. The number of nitrogens with one attached hydrogen (secondary N) is 1. The van der Waals surface area contributed by atoms with Crippen LogP contribution in [0.1, 0.15) is 16.6 Å². The van der Waals surface area contributed by atoms with Crippen molar-refractivity contribution in [3.63, 3.8) is 0 Å². The fourth-order valence-corrected chi connectivity index (χ4v) is 3.63. The van der Waals surface area contributed by atoms with Crippen molar-refractivity contribution in [2.75, 3.05) is 17.7 Å². The van der Waals surface area contributed by atoms with Crippen molar-refractivity contribution in [3.8, 4) is 11.3 Å². The van der Waals surface area contributed by atoms with Crippen LogP contribution in [0.25, 0.3) is 21.5 Å². The largest absolute Gasteiger partial charge is 0.397 e. The lowest BCUT2D eigenvalue weighted by Crippen LogP contribution is -2.21. The summed E-state index contributed by atoms with van der Waals surface area (Å²) < 4.78 is 0. The Morgan fingerprint density at radius 2 is 2.08 bits per heavy atom. The fraction of sp³-hybridized carbons (Fsp3) is 0.188. The maximum Gasteiger partial charge on any atom is 0.260 e. The van der Waals surface area contributed by atoms with E-state index in [0.29, 0.717) is 31.5 Å². The van der Waals surface area contributed by atoms with E-state index in [1.165, 1.54) is 0 Å². The first-order chi connectivity index (χ1) is 12.3. The number of fused-ring (bicyclic) bond motifs is 1. The molecular weight excluding hydrogens is 397 g/mol. The van der Waals surface area contributed by atoms with Gasteiger partial charge in [-0.2, -0.15) is 0 Å². The van der Waals surface area contributed by atoms with Gasteiger partial charge in [-0.15, -0.1) is 11.3 Å². The summed E-state index contributed by atoms with van der Waals surface area (Å²) in [5.74, 6) is -0.346. The Hall–Kier alpha value is -2.13. The number of primary amides is 1. The van der Waals surface area contributed by atoms with Crippen molar-refractivity contribution in [3.05, 3.63) is 33.1 Å². The maximum atomic E-state index is 11.7. The Kier molecular flexibility index (Phi) is 5.19. The van der Waals surface area contributed by atoms with Gasteiger partial charge in [0, 0.05) is 11.6 Å². The number of carbonyl (C=O) groups is 1. The number of hydrogen-bond donors (Lipinski definition) is 4. The molecule has 0 saturated heterocycles. The highest BCUT2D eigenvalue weighted by atomic mass is 35.5. The van der Waals surface area contributed by atoms with Crippen LogP contribution in [0.3, 0.4) is 0 Å². The van der Waals surface area contributed by atoms with Crippen molar-refractivity contribution in [1.29, 1.82) is 0 Å². The van der Waals surface area contributed by atoms with Crippen molar-refractivity contribution < 1.29 is 9.90 Å². The molecule has 10 heteroatoms. The molecule has 3 rings (SSSR count). The molecule has 3 aromatic rings. The van der Waals surface area contributed by atoms with Crippen LogP contribution in [0, 0.1) is 0 Å². The molecule has 1 aromatic carbocycles. The summed E-state index contributed by atoms with van der Waals surface area (Å²) in [6, 6.07) is 4.79. The van der Waals surface area contributed by atoms with Crippen molar-refractivity contribution in [2.24, 2.45) is 5.73 Å². The Morgan fingerprint density at radius 1 is 1.35 bits per heavy atom. The summed E-state index contributed by atoms with van der Waals surface area (Å²) in [4.78, 5) is 21.3. The lowest BCUT2D eigenvalue weighted by Gasteiger charge is -2.13. The smallest absolute Gasteiger partial charge is 0.260 e. The van der Waals surface area contributed by atoms with Gasteiger partial charge in [0.2, 0.25) is 5.95 Å². The molecule has 0 aliphatic heterocycles. The molecule has 0 fully saturated rings. The number of aliphatic hydroxyl groups excluding tert-OH is 1. The van der Waals surface area contributed by atoms with Gasteiger partial charge in [0.05, 0.1) is 33.4 Å². The number of nitrogens with zero attached hydrogens (tertiary/aromatic N) is 2. The predicted octanol–water partition coefficient (Wildman–Crippen LogP) is 3.14. The van der Waals surface area contributed by atoms with Crippen molar-refractivity contribution in [1.82, 2.24) is 9.97 Å². The fourth-order valence-electron chi connectivity index (χ4n) is 2.39. The van der Waals surface area contributed by atoms with E-state index in [1.807, 2.05) is 0 Å². The topological polar surface area (TPSA) is 127 Å².